The van der Waals surface area contributed by atoms with Crippen LogP contribution in [-0.2, 0) is 9.59 Å². The summed E-state index contributed by atoms with van der Waals surface area (Å²) in [6, 6.07) is 0. The van der Waals surface area contributed by atoms with E-state index in [4.69, 9.17) is 5.11 Å². The second-order valence-electron chi connectivity index (χ2n) is 7.76. The first-order valence-electron chi connectivity index (χ1n) is 10.4. The summed E-state index contributed by atoms with van der Waals surface area (Å²) < 4.78 is 0. The molecule has 0 aromatic carbocycles. The largest absolute Gasteiger partial charge is 0.392 e. The van der Waals surface area contributed by atoms with Crippen molar-refractivity contribution in [1.82, 2.24) is 0 Å². The van der Waals surface area contributed by atoms with Crippen LogP contribution in [0.2, 0.25) is 0 Å². The van der Waals surface area contributed by atoms with Crippen LogP contribution >= 0.6 is 0 Å². The van der Waals surface area contributed by atoms with Gasteiger partial charge < -0.3 is 15.3 Å². The number of hydrogen-bond acceptors (Lipinski definition) is 5. The van der Waals surface area contributed by atoms with Crippen LogP contribution in [0.15, 0.2) is 37.0 Å². The van der Waals surface area contributed by atoms with E-state index in [0.29, 0.717) is 32.1 Å². The molecule has 0 aromatic rings. The predicted octanol–water partition coefficient (Wildman–Crippen LogP) is 3.28. The van der Waals surface area contributed by atoms with Crippen LogP contribution in [0.5, 0.6) is 0 Å². The third kappa shape index (κ3) is 8.21. The molecule has 1 saturated carbocycles. The standard InChI is InChI=1S/C23H36O5/c1-3-5-14-23(28,4-2)15-10-13-20-19(21(26)16-22(20)27)12-9-7-6-8-11-18(25)17-24/h4,7,9-10,13,19-20,22,24,27-28H,2-3,5-6,8,11-12,14-17H2,1H3/b9-7-,13-10+/t19-,20-,22-,23?/m1/s1. The molecule has 0 spiro atoms. The van der Waals surface area contributed by atoms with E-state index in [2.05, 4.69) is 13.5 Å². The second-order valence-corrected chi connectivity index (χ2v) is 7.76. The van der Waals surface area contributed by atoms with Gasteiger partial charge in [0.1, 0.15) is 12.4 Å². The van der Waals surface area contributed by atoms with Gasteiger partial charge in [-0.05, 0) is 32.1 Å². The predicted molar refractivity (Wildman–Crippen MR) is 111 cm³/mol. The zero-order valence-corrected chi connectivity index (χ0v) is 17.1. The Bertz CT molecular complexity index is 565. The minimum Gasteiger partial charge on any atom is -0.392 e. The van der Waals surface area contributed by atoms with Crippen molar-refractivity contribution in [1.29, 1.82) is 0 Å². The van der Waals surface area contributed by atoms with Gasteiger partial charge in [0.2, 0.25) is 0 Å². The SMILES string of the molecule is C=CC(O)(C/C=C/[C@H]1[C@H](O)CC(=O)[C@@H]1C/C=C\CCCC(=O)CO)CCCC. The molecule has 0 aliphatic heterocycles. The Morgan fingerprint density at radius 2 is 2.04 bits per heavy atom. The number of aliphatic hydroxyl groups is 3. The van der Waals surface area contributed by atoms with E-state index in [9.17, 15) is 19.8 Å². The molecule has 5 heteroatoms. The average molecular weight is 393 g/mol. The number of ketones is 2. The van der Waals surface area contributed by atoms with E-state index in [-0.39, 0.29) is 29.8 Å². The smallest absolute Gasteiger partial charge is 0.158 e. The fourth-order valence-electron chi connectivity index (χ4n) is 3.58. The number of carbonyl (C=O) groups excluding carboxylic acids is 2. The van der Waals surface area contributed by atoms with Crippen LogP contribution < -0.4 is 0 Å². The van der Waals surface area contributed by atoms with Crippen molar-refractivity contribution in [3.05, 3.63) is 37.0 Å². The number of hydrogen-bond donors (Lipinski definition) is 3. The topological polar surface area (TPSA) is 94.8 Å². The monoisotopic (exact) mass is 392 g/mol. The van der Waals surface area contributed by atoms with Crippen LogP contribution in [0.4, 0.5) is 0 Å². The Balaban J connectivity index is 2.57. The molecule has 1 fully saturated rings. The van der Waals surface area contributed by atoms with Gasteiger partial charge in [-0.1, -0.05) is 50.1 Å². The highest BCUT2D eigenvalue weighted by Gasteiger charge is 2.39. The molecule has 5 nitrogen and oxygen atoms in total. The highest BCUT2D eigenvalue weighted by Crippen LogP contribution is 2.34. The molecule has 0 bridgehead atoms. The fourth-order valence-corrected chi connectivity index (χ4v) is 3.58. The lowest BCUT2D eigenvalue weighted by Gasteiger charge is -2.23. The normalized spacial score (nSPS) is 24.9. The molecule has 28 heavy (non-hydrogen) atoms. The number of Topliss-reactive ketones (excluding diaryl/α,β-unsaturated/α-hetero) is 2. The van der Waals surface area contributed by atoms with Crippen LogP contribution in [-0.4, -0.2) is 45.2 Å². The highest BCUT2D eigenvalue weighted by atomic mass is 16.3. The van der Waals surface area contributed by atoms with Gasteiger partial charge in [0.25, 0.3) is 0 Å². The summed E-state index contributed by atoms with van der Waals surface area (Å²) in [4.78, 5) is 23.3. The van der Waals surface area contributed by atoms with E-state index >= 15 is 0 Å². The highest BCUT2D eigenvalue weighted by molar-refractivity contribution is 5.84. The van der Waals surface area contributed by atoms with Crippen molar-refractivity contribution < 1.29 is 24.9 Å². The first-order valence-corrected chi connectivity index (χ1v) is 10.4. The van der Waals surface area contributed by atoms with E-state index in [1.54, 1.807) is 6.08 Å². The van der Waals surface area contributed by atoms with Gasteiger partial charge >= 0.3 is 0 Å². The summed E-state index contributed by atoms with van der Waals surface area (Å²) in [7, 11) is 0. The van der Waals surface area contributed by atoms with E-state index < -0.39 is 18.3 Å². The van der Waals surface area contributed by atoms with E-state index in [1.807, 2.05) is 24.3 Å². The van der Waals surface area contributed by atoms with Crippen molar-refractivity contribution in [3.8, 4) is 0 Å². The number of allylic oxidation sites excluding steroid dienone is 2. The summed E-state index contributed by atoms with van der Waals surface area (Å²) in [5.74, 6) is -0.597. The lowest BCUT2D eigenvalue weighted by atomic mass is 9.88. The molecule has 1 unspecified atom stereocenters. The molecule has 1 aliphatic rings. The fraction of sp³-hybridized carbons (Fsp3) is 0.652. The minimum absolute atomic E-state index is 0.0622. The first kappa shape index (κ1) is 24.5. The Hall–Kier alpha value is -1.56. The maximum Gasteiger partial charge on any atom is 0.158 e. The maximum atomic E-state index is 12.2. The van der Waals surface area contributed by atoms with Crippen LogP contribution in [0, 0.1) is 11.8 Å². The molecule has 0 aromatic heterocycles. The third-order valence-corrected chi connectivity index (χ3v) is 5.47. The Kier molecular flexibility index (Phi) is 11.2. The number of aliphatic hydroxyl groups excluding tert-OH is 2. The summed E-state index contributed by atoms with van der Waals surface area (Å²) in [5.41, 5.74) is -0.943. The van der Waals surface area contributed by atoms with Crippen LogP contribution in [0.25, 0.3) is 0 Å². The molecule has 0 radical (unpaired) electrons. The molecule has 0 saturated heterocycles. The zero-order valence-electron chi connectivity index (χ0n) is 17.1. The van der Waals surface area contributed by atoms with Crippen LogP contribution in [0.1, 0.15) is 64.7 Å². The summed E-state index contributed by atoms with van der Waals surface area (Å²) in [6.45, 7) is 5.39. The molecule has 0 amide bonds. The zero-order chi connectivity index (χ0) is 21.0. The van der Waals surface area contributed by atoms with Crippen molar-refractivity contribution in [2.45, 2.75) is 76.4 Å². The first-order chi connectivity index (χ1) is 13.4. The molecule has 1 rings (SSSR count). The van der Waals surface area contributed by atoms with Gasteiger partial charge in [0, 0.05) is 24.7 Å². The second kappa shape index (κ2) is 12.8. The molecular weight excluding hydrogens is 356 g/mol. The minimum atomic E-state index is -0.943. The maximum absolute atomic E-state index is 12.2. The third-order valence-electron chi connectivity index (χ3n) is 5.47. The molecule has 158 valence electrons. The van der Waals surface area contributed by atoms with Gasteiger partial charge in [-0.2, -0.15) is 0 Å². The molecule has 4 atom stereocenters. The summed E-state index contributed by atoms with van der Waals surface area (Å²) >= 11 is 0. The quantitative estimate of drug-likeness (QED) is 0.311. The summed E-state index contributed by atoms with van der Waals surface area (Å²) in [6.07, 6.45) is 14.0. The van der Waals surface area contributed by atoms with Gasteiger partial charge in [0.05, 0.1) is 11.7 Å². The Labute approximate surface area is 168 Å². The molecule has 3 N–H and O–H groups in total. The van der Waals surface area contributed by atoms with E-state index in [0.717, 1.165) is 19.3 Å². The van der Waals surface area contributed by atoms with Crippen molar-refractivity contribution in [2.24, 2.45) is 11.8 Å². The average Bonchev–Trinajstić information content (AvgIpc) is 2.95. The lowest BCUT2D eigenvalue weighted by molar-refractivity contribution is -0.122. The lowest BCUT2D eigenvalue weighted by Crippen LogP contribution is -2.25. The van der Waals surface area contributed by atoms with Gasteiger partial charge in [0.15, 0.2) is 5.78 Å². The van der Waals surface area contributed by atoms with Gasteiger partial charge in [-0.15, -0.1) is 6.58 Å². The van der Waals surface area contributed by atoms with Crippen LogP contribution in [0.3, 0.4) is 0 Å². The van der Waals surface area contributed by atoms with Crippen molar-refractivity contribution in [3.63, 3.8) is 0 Å². The number of unbranched alkanes of at least 4 members (excludes halogenated alkanes) is 2. The Morgan fingerprint density at radius 1 is 1.29 bits per heavy atom. The number of rotatable bonds is 14. The molecule has 0 heterocycles. The van der Waals surface area contributed by atoms with Crippen molar-refractivity contribution >= 4 is 11.6 Å². The molecular formula is C23H36O5. The van der Waals surface area contributed by atoms with Gasteiger partial charge in [-0.3, -0.25) is 9.59 Å². The summed E-state index contributed by atoms with van der Waals surface area (Å²) in [5, 5.41) is 29.5. The van der Waals surface area contributed by atoms with E-state index in [1.165, 1.54) is 0 Å². The van der Waals surface area contributed by atoms with Gasteiger partial charge in [-0.25, -0.2) is 0 Å². The number of carbonyl (C=O) groups is 2. The van der Waals surface area contributed by atoms with Crippen molar-refractivity contribution in [2.75, 3.05) is 6.61 Å². The Morgan fingerprint density at radius 3 is 2.68 bits per heavy atom. The molecule has 1 aliphatic carbocycles.